The normalized spacial score (nSPS) is 27.6. The van der Waals surface area contributed by atoms with Crippen LogP contribution in [-0.2, 0) is 0 Å². The van der Waals surface area contributed by atoms with Crippen LogP contribution in [-0.4, -0.2) is 11.1 Å². The van der Waals surface area contributed by atoms with E-state index in [1.54, 1.807) is 6.08 Å². The van der Waals surface area contributed by atoms with Gasteiger partial charge in [-0.2, -0.15) is 5.10 Å². The van der Waals surface area contributed by atoms with Gasteiger partial charge in [-0.25, -0.2) is 0 Å². The van der Waals surface area contributed by atoms with Gasteiger partial charge in [0.25, 0.3) is 0 Å². The zero-order chi connectivity index (χ0) is 7.40. The Morgan fingerprint density at radius 3 is 3.30 bits per heavy atom. The molecule has 0 aromatic carbocycles. The van der Waals surface area contributed by atoms with Crippen molar-refractivity contribution in [1.82, 2.24) is 0 Å². The van der Waals surface area contributed by atoms with Crippen LogP contribution < -0.4 is 5.84 Å². The van der Waals surface area contributed by atoms with Gasteiger partial charge in [0.1, 0.15) is 0 Å². The van der Waals surface area contributed by atoms with E-state index in [9.17, 15) is 0 Å². The molecule has 2 N–H and O–H groups in total. The Balaban J connectivity index is 2.56. The topological polar surface area (TPSA) is 63.1 Å². The fourth-order valence-electron chi connectivity index (χ4n) is 0.643. The van der Waals surface area contributed by atoms with E-state index in [1.165, 1.54) is 11.9 Å². The van der Waals surface area contributed by atoms with Crippen LogP contribution in [0.15, 0.2) is 27.4 Å². The monoisotopic (exact) mass is 156 g/mol. The molecule has 0 saturated carbocycles. The first-order chi connectivity index (χ1) is 4.88. The van der Waals surface area contributed by atoms with Crippen LogP contribution in [0.25, 0.3) is 0 Å². The minimum atomic E-state index is 0.183. The molecule has 0 bridgehead atoms. The van der Waals surface area contributed by atoms with Crippen LogP contribution in [0.5, 0.6) is 0 Å². The van der Waals surface area contributed by atoms with E-state index in [4.69, 9.17) is 5.84 Å². The molecule has 0 aromatic heterocycles. The lowest BCUT2D eigenvalue weighted by Crippen LogP contribution is -2.11. The van der Waals surface area contributed by atoms with Crippen LogP contribution >= 0.6 is 11.9 Å². The molecule has 10 heavy (non-hydrogen) atoms. The molecule has 1 rings (SSSR count). The molecule has 1 aliphatic rings. The summed E-state index contributed by atoms with van der Waals surface area (Å²) in [7, 11) is 0. The zero-order valence-corrected chi connectivity index (χ0v) is 6.21. The van der Waals surface area contributed by atoms with Gasteiger partial charge in [0.05, 0.1) is 5.25 Å². The number of allylic oxidation sites excluding steroid dienone is 1. The fraction of sp³-hybridized carbons (Fsp3) is 0.400. The second kappa shape index (κ2) is 3.36. The van der Waals surface area contributed by atoms with Crippen molar-refractivity contribution < 1.29 is 0 Å². The number of nitrogens with zero attached hydrogens (tertiary/aromatic N) is 3. The van der Waals surface area contributed by atoms with Gasteiger partial charge in [-0.1, -0.05) is 6.08 Å². The lowest BCUT2D eigenvalue weighted by molar-refractivity contribution is 1.08. The summed E-state index contributed by atoms with van der Waals surface area (Å²) in [6, 6.07) is 0. The molecular formula is C5H8N4S. The summed E-state index contributed by atoms with van der Waals surface area (Å²) in [5.74, 6) is 5.64. The molecule has 54 valence electrons. The summed E-state index contributed by atoms with van der Waals surface area (Å²) >= 11 is 1.38. The van der Waals surface area contributed by atoms with Gasteiger partial charge in [-0.3, -0.25) is 0 Å². The van der Waals surface area contributed by atoms with E-state index in [0.29, 0.717) is 5.84 Å². The molecule has 0 amide bonds. The molecule has 1 unspecified atom stereocenters. The number of nitrogens with two attached hydrogens (primary N) is 1. The molecule has 0 radical (unpaired) electrons. The number of hydrogen-bond acceptors (Lipinski definition) is 4. The van der Waals surface area contributed by atoms with E-state index >= 15 is 0 Å². The van der Waals surface area contributed by atoms with Crippen molar-refractivity contribution in [3.63, 3.8) is 0 Å². The molecule has 0 spiro atoms. The molecule has 1 atom stereocenters. The zero-order valence-electron chi connectivity index (χ0n) is 5.40. The standard InChI is InChI=1S/C5H8N4S/c1-2-3-4-5(7-6)8-9-10-4/h2,4H,1,3,6H2/b7-5+. The Hall–Kier alpha value is -0.840. The molecule has 0 aromatic rings. The third-order valence-corrected chi connectivity index (χ3v) is 1.95. The van der Waals surface area contributed by atoms with Crippen molar-refractivity contribution in [1.29, 1.82) is 0 Å². The SMILES string of the molecule is C=CCC1SN=N/C1=N/N. The molecule has 0 fully saturated rings. The Labute approximate surface area is 63.4 Å². The van der Waals surface area contributed by atoms with Gasteiger partial charge in [0.2, 0.25) is 0 Å². The number of hydrazone groups is 1. The minimum absolute atomic E-state index is 0.183. The Morgan fingerprint density at radius 2 is 2.70 bits per heavy atom. The predicted molar refractivity (Wildman–Crippen MR) is 42.7 cm³/mol. The molecule has 1 heterocycles. The van der Waals surface area contributed by atoms with Gasteiger partial charge >= 0.3 is 0 Å². The van der Waals surface area contributed by atoms with Crippen molar-refractivity contribution in [2.24, 2.45) is 20.6 Å². The van der Waals surface area contributed by atoms with E-state index in [0.717, 1.165) is 6.42 Å². The highest BCUT2D eigenvalue weighted by Crippen LogP contribution is 2.25. The minimum Gasteiger partial charge on any atom is -0.321 e. The average molecular weight is 156 g/mol. The third-order valence-electron chi connectivity index (χ3n) is 1.12. The maximum absolute atomic E-state index is 5.04. The first kappa shape index (κ1) is 7.27. The second-order valence-corrected chi connectivity index (χ2v) is 2.73. The summed E-state index contributed by atoms with van der Waals surface area (Å²) in [5, 5.41) is 7.38. The fourth-order valence-corrected chi connectivity index (χ4v) is 1.31. The summed E-state index contributed by atoms with van der Waals surface area (Å²) < 4.78 is 3.72. The first-order valence-electron chi connectivity index (χ1n) is 2.84. The molecule has 1 aliphatic heterocycles. The van der Waals surface area contributed by atoms with Gasteiger partial charge in [-0.15, -0.1) is 16.2 Å². The lowest BCUT2D eigenvalue weighted by atomic mass is 10.3. The van der Waals surface area contributed by atoms with Crippen LogP contribution in [0.3, 0.4) is 0 Å². The van der Waals surface area contributed by atoms with Gasteiger partial charge in [-0.05, 0) is 6.42 Å². The number of hydrogen-bond donors (Lipinski definition) is 1. The smallest absolute Gasteiger partial charge is 0.186 e. The largest absolute Gasteiger partial charge is 0.321 e. The number of amidine groups is 1. The van der Waals surface area contributed by atoms with E-state index in [1.807, 2.05) is 0 Å². The first-order valence-corrected chi connectivity index (χ1v) is 3.67. The summed E-state index contributed by atoms with van der Waals surface area (Å²) in [5.41, 5.74) is 0. The molecule has 4 nitrogen and oxygen atoms in total. The summed E-state index contributed by atoms with van der Waals surface area (Å²) in [6.45, 7) is 3.60. The highest BCUT2D eigenvalue weighted by Gasteiger charge is 2.20. The third kappa shape index (κ3) is 1.36. The van der Waals surface area contributed by atoms with E-state index in [2.05, 4.69) is 21.3 Å². The van der Waals surface area contributed by atoms with Crippen LogP contribution in [0.4, 0.5) is 0 Å². The van der Waals surface area contributed by atoms with Crippen molar-refractivity contribution >= 4 is 17.8 Å². The van der Waals surface area contributed by atoms with Crippen molar-refractivity contribution in [3.8, 4) is 0 Å². The maximum Gasteiger partial charge on any atom is 0.186 e. The second-order valence-electron chi connectivity index (χ2n) is 1.79. The van der Waals surface area contributed by atoms with Crippen LogP contribution in [0.2, 0.25) is 0 Å². The van der Waals surface area contributed by atoms with Crippen LogP contribution in [0, 0.1) is 0 Å². The maximum atomic E-state index is 5.04. The lowest BCUT2D eigenvalue weighted by Gasteiger charge is -1.99. The predicted octanol–water partition coefficient (Wildman–Crippen LogP) is 1.32. The Bertz CT molecular complexity index is 186. The van der Waals surface area contributed by atoms with Gasteiger partial charge < -0.3 is 5.84 Å². The molecule has 5 heteroatoms. The van der Waals surface area contributed by atoms with Crippen molar-refractivity contribution in [2.45, 2.75) is 11.7 Å². The van der Waals surface area contributed by atoms with Crippen molar-refractivity contribution in [3.05, 3.63) is 12.7 Å². The quantitative estimate of drug-likeness (QED) is 0.283. The van der Waals surface area contributed by atoms with E-state index in [-0.39, 0.29) is 5.25 Å². The van der Waals surface area contributed by atoms with E-state index < -0.39 is 0 Å². The summed E-state index contributed by atoms with van der Waals surface area (Å²) in [6.07, 6.45) is 2.62. The summed E-state index contributed by atoms with van der Waals surface area (Å²) in [4.78, 5) is 0. The molecule has 0 saturated heterocycles. The van der Waals surface area contributed by atoms with Gasteiger partial charge in [0, 0.05) is 11.9 Å². The highest BCUT2D eigenvalue weighted by atomic mass is 32.2. The molecular weight excluding hydrogens is 148 g/mol. The Morgan fingerprint density at radius 1 is 1.90 bits per heavy atom. The van der Waals surface area contributed by atoms with Crippen LogP contribution in [0.1, 0.15) is 6.42 Å². The Kier molecular flexibility index (Phi) is 2.44. The van der Waals surface area contributed by atoms with Crippen molar-refractivity contribution in [2.75, 3.05) is 0 Å². The average Bonchev–Trinajstić information content (AvgIpc) is 2.36. The number of rotatable bonds is 2. The highest BCUT2D eigenvalue weighted by molar-refractivity contribution is 7.99. The molecule has 0 aliphatic carbocycles. The van der Waals surface area contributed by atoms with Gasteiger partial charge in [0.15, 0.2) is 5.84 Å².